The summed E-state index contributed by atoms with van der Waals surface area (Å²) in [7, 11) is 0. The molecule has 0 spiro atoms. The van der Waals surface area contributed by atoms with Crippen molar-refractivity contribution in [1.29, 1.82) is 0 Å². The SMILES string of the molecule is C=CCc1cccc2c(=O)c(OCC)c(-c3ccccc3)oc12. The number of rotatable bonds is 5. The van der Waals surface area contributed by atoms with Gasteiger partial charge in [0.2, 0.25) is 11.2 Å². The van der Waals surface area contributed by atoms with E-state index in [9.17, 15) is 4.79 Å². The standard InChI is InChI=1S/C20H18O3/c1-3-9-14-12-8-13-16-17(21)20(22-4-2)19(23-18(14)16)15-10-6-5-7-11-15/h3,5-8,10-13H,1,4,9H2,2H3. The summed E-state index contributed by atoms with van der Waals surface area (Å²) in [5.41, 5.74) is 2.22. The van der Waals surface area contributed by atoms with Gasteiger partial charge in [0.05, 0.1) is 12.0 Å². The van der Waals surface area contributed by atoms with E-state index in [-0.39, 0.29) is 11.2 Å². The Hall–Kier alpha value is -2.81. The predicted octanol–water partition coefficient (Wildman–Crippen LogP) is 4.59. The molecule has 0 radical (unpaired) electrons. The molecule has 116 valence electrons. The maximum Gasteiger partial charge on any atom is 0.235 e. The number of benzene rings is 2. The summed E-state index contributed by atoms with van der Waals surface area (Å²) in [6.45, 7) is 6.03. The number of fused-ring (bicyclic) bond motifs is 1. The third-order valence-corrected chi connectivity index (χ3v) is 3.65. The minimum atomic E-state index is -0.141. The molecular formula is C20H18O3. The van der Waals surface area contributed by atoms with Crippen molar-refractivity contribution in [3.8, 4) is 17.1 Å². The first-order valence-corrected chi connectivity index (χ1v) is 7.64. The van der Waals surface area contributed by atoms with Crippen LogP contribution in [0.5, 0.6) is 5.75 Å². The Balaban J connectivity index is 2.37. The normalized spacial score (nSPS) is 10.7. The molecule has 0 bridgehead atoms. The summed E-state index contributed by atoms with van der Waals surface area (Å²) in [6.07, 6.45) is 2.44. The first-order chi connectivity index (χ1) is 11.3. The Labute approximate surface area is 134 Å². The van der Waals surface area contributed by atoms with E-state index < -0.39 is 0 Å². The number of ether oxygens (including phenoxy) is 1. The molecule has 23 heavy (non-hydrogen) atoms. The fourth-order valence-electron chi connectivity index (χ4n) is 2.63. The molecule has 3 rings (SSSR count). The van der Waals surface area contributed by atoms with E-state index >= 15 is 0 Å². The van der Waals surface area contributed by atoms with Gasteiger partial charge in [0.25, 0.3) is 0 Å². The zero-order valence-corrected chi connectivity index (χ0v) is 13.0. The number of hydrogen-bond acceptors (Lipinski definition) is 3. The second-order valence-corrected chi connectivity index (χ2v) is 5.18. The summed E-state index contributed by atoms with van der Waals surface area (Å²) < 4.78 is 11.7. The molecule has 3 aromatic rings. The molecule has 0 atom stereocenters. The quantitative estimate of drug-likeness (QED) is 0.647. The van der Waals surface area contributed by atoms with Gasteiger partial charge in [-0.1, -0.05) is 48.5 Å². The van der Waals surface area contributed by atoms with Gasteiger partial charge in [0, 0.05) is 5.56 Å². The Morgan fingerprint density at radius 3 is 2.61 bits per heavy atom. The van der Waals surface area contributed by atoms with Crippen LogP contribution in [0.3, 0.4) is 0 Å². The highest BCUT2D eigenvalue weighted by atomic mass is 16.5. The highest BCUT2D eigenvalue weighted by Gasteiger charge is 2.18. The number of hydrogen-bond donors (Lipinski definition) is 0. The summed E-state index contributed by atoms with van der Waals surface area (Å²) in [5, 5.41) is 0.535. The van der Waals surface area contributed by atoms with Crippen LogP contribution in [0, 0.1) is 0 Å². The molecule has 3 nitrogen and oxygen atoms in total. The van der Waals surface area contributed by atoms with Crippen molar-refractivity contribution in [2.45, 2.75) is 13.3 Å². The maximum atomic E-state index is 12.9. The highest BCUT2D eigenvalue weighted by molar-refractivity contribution is 5.84. The number of para-hydroxylation sites is 1. The van der Waals surface area contributed by atoms with Crippen molar-refractivity contribution in [2.75, 3.05) is 6.61 Å². The van der Waals surface area contributed by atoms with Gasteiger partial charge in [0.1, 0.15) is 5.58 Å². The molecule has 2 aromatic carbocycles. The molecule has 0 fully saturated rings. The van der Waals surface area contributed by atoms with Crippen molar-refractivity contribution in [2.24, 2.45) is 0 Å². The van der Waals surface area contributed by atoms with Crippen molar-refractivity contribution in [3.63, 3.8) is 0 Å². The summed E-state index contributed by atoms with van der Waals surface area (Å²) >= 11 is 0. The van der Waals surface area contributed by atoms with Gasteiger partial charge in [-0.05, 0) is 25.0 Å². The van der Waals surface area contributed by atoms with Crippen molar-refractivity contribution in [3.05, 3.63) is 77.0 Å². The minimum absolute atomic E-state index is 0.141. The zero-order chi connectivity index (χ0) is 16.2. The fourth-order valence-corrected chi connectivity index (χ4v) is 2.63. The Bertz CT molecular complexity index is 892. The van der Waals surface area contributed by atoms with Crippen LogP contribution >= 0.6 is 0 Å². The van der Waals surface area contributed by atoms with Gasteiger partial charge < -0.3 is 9.15 Å². The van der Waals surface area contributed by atoms with E-state index in [4.69, 9.17) is 9.15 Å². The van der Waals surface area contributed by atoms with E-state index in [1.807, 2.05) is 49.4 Å². The van der Waals surface area contributed by atoms with Crippen molar-refractivity contribution < 1.29 is 9.15 Å². The first kappa shape index (κ1) is 15.1. The average molecular weight is 306 g/mol. The van der Waals surface area contributed by atoms with Gasteiger partial charge in [0.15, 0.2) is 5.76 Å². The Morgan fingerprint density at radius 1 is 1.13 bits per heavy atom. The fraction of sp³-hybridized carbons (Fsp3) is 0.150. The molecule has 0 N–H and O–H groups in total. The lowest BCUT2D eigenvalue weighted by atomic mass is 10.1. The lowest BCUT2D eigenvalue weighted by molar-refractivity contribution is 0.330. The molecule has 0 aliphatic carbocycles. The van der Waals surface area contributed by atoms with Crippen LogP contribution in [0.2, 0.25) is 0 Å². The third-order valence-electron chi connectivity index (χ3n) is 3.65. The zero-order valence-electron chi connectivity index (χ0n) is 13.0. The molecule has 0 aliphatic heterocycles. The van der Waals surface area contributed by atoms with Gasteiger partial charge in [-0.2, -0.15) is 0 Å². The van der Waals surface area contributed by atoms with E-state index in [2.05, 4.69) is 6.58 Å². The lowest BCUT2D eigenvalue weighted by Gasteiger charge is -2.12. The molecule has 0 aliphatic rings. The second-order valence-electron chi connectivity index (χ2n) is 5.18. The smallest absolute Gasteiger partial charge is 0.235 e. The molecule has 1 aromatic heterocycles. The molecule has 0 unspecified atom stereocenters. The highest BCUT2D eigenvalue weighted by Crippen LogP contribution is 2.32. The topological polar surface area (TPSA) is 39.4 Å². The van der Waals surface area contributed by atoms with Crippen molar-refractivity contribution >= 4 is 11.0 Å². The molecule has 0 saturated heterocycles. The van der Waals surface area contributed by atoms with Crippen LogP contribution in [-0.4, -0.2) is 6.61 Å². The molecule has 0 amide bonds. The molecule has 1 heterocycles. The van der Waals surface area contributed by atoms with Crippen molar-refractivity contribution in [1.82, 2.24) is 0 Å². The molecule has 0 saturated carbocycles. The van der Waals surface area contributed by atoms with E-state index in [1.165, 1.54) is 0 Å². The van der Waals surface area contributed by atoms with Crippen LogP contribution in [0.1, 0.15) is 12.5 Å². The number of allylic oxidation sites excluding steroid dienone is 1. The van der Waals surface area contributed by atoms with Crippen LogP contribution in [-0.2, 0) is 6.42 Å². The van der Waals surface area contributed by atoms with Crippen LogP contribution < -0.4 is 10.2 Å². The summed E-state index contributed by atoms with van der Waals surface area (Å²) in [4.78, 5) is 12.9. The second kappa shape index (κ2) is 6.53. The maximum absolute atomic E-state index is 12.9. The first-order valence-electron chi connectivity index (χ1n) is 7.64. The van der Waals surface area contributed by atoms with E-state index in [0.29, 0.717) is 29.8 Å². The van der Waals surface area contributed by atoms with Gasteiger partial charge in [-0.15, -0.1) is 6.58 Å². The monoisotopic (exact) mass is 306 g/mol. The molecular weight excluding hydrogens is 288 g/mol. The van der Waals surface area contributed by atoms with Crippen LogP contribution in [0.4, 0.5) is 0 Å². The summed E-state index contributed by atoms with van der Waals surface area (Å²) in [6, 6.07) is 15.1. The van der Waals surface area contributed by atoms with Crippen LogP contribution in [0.25, 0.3) is 22.3 Å². The Kier molecular flexibility index (Phi) is 4.29. The van der Waals surface area contributed by atoms with Crippen LogP contribution in [0.15, 0.2) is 70.4 Å². The summed E-state index contributed by atoms with van der Waals surface area (Å²) in [5.74, 6) is 0.739. The molecule has 3 heteroatoms. The van der Waals surface area contributed by atoms with Gasteiger partial charge >= 0.3 is 0 Å². The predicted molar refractivity (Wildman–Crippen MR) is 93.0 cm³/mol. The van der Waals surface area contributed by atoms with Gasteiger partial charge in [-0.3, -0.25) is 4.79 Å². The minimum Gasteiger partial charge on any atom is -0.487 e. The third kappa shape index (κ3) is 2.78. The largest absolute Gasteiger partial charge is 0.487 e. The van der Waals surface area contributed by atoms with E-state index in [0.717, 1.165) is 11.1 Å². The lowest BCUT2D eigenvalue weighted by Crippen LogP contribution is -2.10. The Morgan fingerprint density at radius 2 is 1.91 bits per heavy atom. The average Bonchev–Trinajstić information content (AvgIpc) is 2.59. The van der Waals surface area contributed by atoms with E-state index in [1.54, 1.807) is 12.1 Å². The van der Waals surface area contributed by atoms with Gasteiger partial charge in [-0.25, -0.2) is 0 Å².